The number of hydrogen-bond donors (Lipinski definition) is 1. The second-order valence-electron chi connectivity index (χ2n) is 5.84. The number of carbonyl (C=O) groups is 1. The molecule has 0 aliphatic carbocycles. The summed E-state index contributed by atoms with van der Waals surface area (Å²) in [6, 6.07) is 5.69. The first-order valence-corrected chi connectivity index (χ1v) is 8.15. The summed E-state index contributed by atoms with van der Waals surface area (Å²) < 4.78 is 12.9. The summed E-state index contributed by atoms with van der Waals surface area (Å²) >= 11 is 0. The van der Waals surface area contributed by atoms with Crippen LogP contribution in [0.1, 0.15) is 24.7 Å². The van der Waals surface area contributed by atoms with Crippen LogP contribution in [-0.2, 0) is 24.3 Å². The number of aromatic nitrogens is 3. The van der Waals surface area contributed by atoms with Crippen LogP contribution >= 0.6 is 0 Å². The van der Waals surface area contributed by atoms with Gasteiger partial charge in [0.2, 0.25) is 5.91 Å². The third-order valence-electron chi connectivity index (χ3n) is 4.13. The molecule has 1 atom stereocenters. The summed E-state index contributed by atoms with van der Waals surface area (Å²) in [6.07, 6.45) is 3.35. The molecule has 1 aromatic heterocycles. The van der Waals surface area contributed by atoms with Crippen molar-refractivity contribution in [2.45, 2.75) is 32.9 Å². The molecule has 1 amide bonds. The van der Waals surface area contributed by atoms with E-state index in [0.29, 0.717) is 19.6 Å². The number of amides is 1. The first kappa shape index (κ1) is 16.3. The molecule has 1 aromatic carbocycles. The predicted octanol–water partition coefficient (Wildman–Crippen LogP) is 1.56. The van der Waals surface area contributed by atoms with Crippen molar-refractivity contribution >= 4 is 5.91 Å². The number of carbonyl (C=O) groups excluding carboxylic acids is 1. The molecule has 0 saturated heterocycles. The van der Waals surface area contributed by atoms with E-state index in [-0.39, 0.29) is 11.8 Å². The predicted molar refractivity (Wildman–Crippen MR) is 87.8 cm³/mol. The number of rotatable bonds is 6. The zero-order chi connectivity index (χ0) is 16.9. The van der Waals surface area contributed by atoms with Crippen molar-refractivity contribution in [3.05, 3.63) is 35.9 Å². The molecule has 1 aliphatic heterocycles. The number of nitrogens with one attached hydrogen (secondary N) is 1. The Kier molecular flexibility index (Phi) is 4.98. The number of methoxy groups -OCH3 is 1. The molecule has 0 unspecified atom stereocenters. The summed E-state index contributed by atoms with van der Waals surface area (Å²) in [5.41, 5.74) is 1.02. The molecule has 2 heterocycles. The van der Waals surface area contributed by atoms with Crippen LogP contribution in [0.3, 0.4) is 0 Å². The van der Waals surface area contributed by atoms with Crippen LogP contribution < -0.4 is 14.8 Å². The fourth-order valence-electron chi connectivity index (χ4n) is 2.80. The van der Waals surface area contributed by atoms with Crippen LogP contribution in [0.5, 0.6) is 11.5 Å². The lowest BCUT2D eigenvalue weighted by atomic mass is 9.96. The summed E-state index contributed by atoms with van der Waals surface area (Å²) in [6.45, 7) is 3.69. The Morgan fingerprint density at radius 3 is 3.17 bits per heavy atom. The first-order chi connectivity index (χ1) is 11.7. The lowest BCUT2D eigenvalue weighted by Crippen LogP contribution is -2.37. The van der Waals surface area contributed by atoms with Crippen LogP contribution in [0.15, 0.2) is 24.5 Å². The maximum Gasteiger partial charge on any atom is 0.227 e. The second-order valence-corrected chi connectivity index (χ2v) is 5.84. The maximum atomic E-state index is 12.4. The van der Waals surface area contributed by atoms with Gasteiger partial charge < -0.3 is 19.4 Å². The molecular formula is C17H22N4O3. The van der Waals surface area contributed by atoms with Crippen molar-refractivity contribution in [3.8, 4) is 11.5 Å². The summed E-state index contributed by atoms with van der Waals surface area (Å²) in [5.74, 6) is 2.09. The summed E-state index contributed by atoms with van der Waals surface area (Å²) in [5, 5.41) is 10.9. The Morgan fingerprint density at radius 1 is 1.50 bits per heavy atom. The van der Waals surface area contributed by atoms with Crippen LogP contribution in [0.25, 0.3) is 0 Å². The van der Waals surface area contributed by atoms with Crippen molar-refractivity contribution in [1.29, 1.82) is 0 Å². The Bertz CT molecular complexity index is 714. The first-order valence-electron chi connectivity index (χ1n) is 8.15. The minimum atomic E-state index is -0.201. The monoisotopic (exact) mass is 330 g/mol. The van der Waals surface area contributed by atoms with E-state index in [1.165, 1.54) is 0 Å². The van der Waals surface area contributed by atoms with Gasteiger partial charge in [-0.05, 0) is 24.5 Å². The van der Waals surface area contributed by atoms with Gasteiger partial charge in [-0.25, -0.2) is 0 Å². The molecule has 0 bridgehead atoms. The van der Waals surface area contributed by atoms with E-state index >= 15 is 0 Å². The lowest BCUT2D eigenvalue weighted by molar-refractivity contribution is -0.126. The van der Waals surface area contributed by atoms with E-state index in [9.17, 15) is 4.79 Å². The number of ether oxygens (including phenoxy) is 2. The highest BCUT2D eigenvalue weighted by Crippen LogP contribution is 2.31. The van der Waals surface area contributed by atoms with Crippen molar-refractivity contribution < 1.29 is 14.3 Å². The highest BCUT2D eigenvalue weighted by Gasteiger charge is 2.26. The van der Waals surface area contributed by atoms with Gasteiger partial charge in [-0.3, -0.25) is 4.79 Å². The molecule has 7 heteroatoms. The highest BCUT2D eigenvalue weighted by molar-refractivity contribution is 5.79. The van der Waals surface area contributed by atoms with E-state index in [0.717, 1.165) is 35.9 Å². The minimum absolute atomic E-state index is 0.0254. The summed E-state index contributed by atoms with van der Waals surface area (Å²) in [7, 11) is 1.62. The van der Waals surface area contributed by atoms with Gasteiger partial charge in [-0.2, -0.15) is 0 Å². The number of nitrogens with zero attached hydrogens (tertiary/aromatic N) is 3. The number of hydrogen-bond acceptors (Lipinski definition) is 5. The van der Waals surface area contributed by atoms with Gasteiger partial charge in [-0.1, -0.05) is 13.0 Å². The normalized spacial score (nSPS) is 16.2. The quantitative estimate of drug-likeness (QED) is 0.870. The van der Waals surface area contributed by atoms with Gasteiger partial charge in [-0.15, -0.1) is 10.2 Å². The molecule has 2 aromatic rings. The molecule has 7 nitrogen and oxygen atoms in total. The second kappa shape index (κ2) is 7.33. The average molecular weight is 330 g/mol. The minimum Gasteiger partial charge on any atom is -0.497 e. The van der Waals surface area contributed by atoms with Crippen molar-refractivity contribution in [1.82, 2.24) is 20.1 Å². The molecule has 3 rings (SSSR count). The van der Waals surface area contributed by atoms with Gasteiger partial charge in [0.25, 0.3) is 0 Å². The van der Waals surface area contributed by atoms with E-state index in [4.69, 9.17) is 9.47 Å². The summed E-state index contributed by atoms with van der Waals surface area (Å²) in [4.78, 5) is 12.4. The molecular weight excluding hydrogens is 308 g/mol. The van der Waals surface area contributed by atoms with Gasteiger partial charge in [0.1, 0.15) is 24.4 Å². The molecule has 0 radical (unpaired) electrons. The highest BCUT2D eigenvalue weighted by atomic mass is 16.5. The molecule has 1 aliphatic rings. The van der Waals surface area contributed by atoms with Crippen LogP contribution in [0.2, 0.25) is 0 Å². The van der Waals surface area contributed by atoms with Crippen LogP contribution in [-0.4, -0.2) is 34.4 Å². The van der Waals surface area contributed by atoms with E-state index in [2.05, 4.69) is 22.4 Å². The Balaban J connectivity index is 1.59. The molecule has 24 heavy (non-hydrogen) atoms. The standard InChI is InChI=1S/C17H22N4O3/c1-3-6-21-11-19-20-16(21)9-18-17(22)13-7-12-4-5-14(23-2)8-15(12)24-10-13/h4-5,8,11,13H,3,6-7,9-10H2,1-2H3,(H,18,22)/t13-/m0/s1. The van der Waals surface area contributed by atoms with Gasteiger partial charge >= 0.3 is 0 Å². The van der Waals surface area contributed by atoms with Crippen molar-refractivity contribution in [2.24, 2.45) is 5.92 Å². The van der Waals surface area contributed by atoms with E-state index in [1.807, 2.05) is 22.8 Å². The topological polar surface area (TPSA) is 78.3 Å². The largest absolute Gasteiger partial charge is 0.497 e. The molecule has 128 valence electrons. The van der Waals surface area contributed by atoms with Crippen molar-refractivity contribution in [2.75, 3.05) is 13.7 Å². The Morgan fingerprint density at radius 2 is 2.38 bits per heavy atom. The third-order valence-corrected chi connectivity index (χ3v) is 4.13. The van der Waals surface area contributed by atoms with Crippen LogP contribution in [0, 0.1) is 5.92 Å². The number of aryl methyl sites for hydroxylation is 1. The SMILES string of the molecule is CCCn1cnnc1CNC(=O)[C@@H]1COc2cc(OC)ccc2C1. The molecule has 0 spiro atoms. The van der Waals surface area contributed by atoms with Gasteiger partial charge in [0.05, 0.1) is 19.6 Å². The number of fused-ring (bicyclic) bond motifs is 1. The Labute approximate surface area is 141 Å². The lowest BCUT2D eigenvalue weighted by Gasteiger charge is -2.25. The molecule has 0 fully saturated rings. The van der Waals surface area contributed by atoms with Crippen molar-refractivity contribution in [3.63, 3.8) is 0 Å². The Hall–Kier alpha value is -2.57. The van der Waals surface area contributed by atoms with E-state index < -0.39 is 0 Å². The van der Waals surface area contributed by atoms with Gasteiger partial charge in [0, 0.05) is 12.6 Å². The molecule has 0 saturated carbocycles. The maximum absolute atomic E-state index is 12.4. The zero-order valence-corrected chi connectivity index (χ0v) is 14.0. The number of benzene rings is 1. The van der Waals surface area contributed by atoms with Gasteiger partial charge in [0.15, 0.2) is 5.82 Å². The smallest absolute Gasteiger partial charge is 0.227 e. The zero-order valence-electron chi connectivity index (χ0n) is 14.0. The fraction of sp³-hybridized carbons (Fsp3) is 0.471. The molecule has 1 N–H and O–H groups in total. The average Bonchev–Trinajstić information content (AvgIpc) is 3.06. The van der Waals surface area contributed by atoms with Crippen LogP contribution in [0.4, 0.5) is 0 Å². The third kappa shape index (κ3) is 3.50. The fourth-order valence-corrected chi connectivity index (χ4v) is 2.80. The van der Waals surface area contributed by atoms with E-state index in [1.54, 1.807) is 13.4 Å².